The van der Waals surface area contributed by atoms with Crippen LogP contribution in [0.2, 0.25) is 0 Å². The van der Waals surface area contributed by atoms with E-state index in [0.29, 0.717) is 13.0 Å². The van der Waals surface area contributed by atoms with Crippen molar-refractivity contribution < 1.29 is 9.53 Å². The molecule has 1 rings (SSSR count). The van der Waals surface area contributed by atoms with E-state index < -0.39 is 0 Å². The minimum absolute atomic E-state index is 0.267. The van der Waals surface area contributed by atoms with Crippen molar-refractivity contribution in [2.45, 2.75) is 6.42 Å². The second-order valence-electron chi connectivity index (χ2n) is 3.18. The topological polar surface area (TPSA) is 70.1 Å². The Morgan fingerprint density at radius 1 is 1.79 bits per heavy atom. The average Bonchev–Trinajstić information content (AvgIpc) is 2.59. The molecule has 2 N–H and O–H groups in total. The van der Waals surface area contributed by atoms with E-state index >= 15 is 0 Å². The largest absolute Gasteiger partial charge is 0.469 e. The molecular weight excluding hydrogens is 182 g/mol. The molecule has 5 nitrogen and oxygen atoms in total. The van der Waals surface area contributed by atoms with Gasteiger partial charge in [-0.2, -0.15) is 5.10 Å². The van der Waals surface area contributed by atoms with Crippen LogP contribution in [-0.2, 0) is 23.0 Å². The molecule has 14 heavy (non-hydrogen) atoms. The number of aryl methyl sites for hydroxylation is 1. The molecule has 0 amide bonds. The van der Waals surface area contributed by atoms with Crippen LogP contribution >= 0.6 is 0 Å². The number of methoxy groups -OCH3 is 1. The minimum Gasteiger partial charge on any atom is -0.469 e. The Kier molecular flexibility index (Phi) is 3.64. The van der Waals surface area contributed by atoms with Crippen molar-refractivity contribution in [2.24, 2.45) is 18.7 Å². The molecule has 0 aromatic carbocycles. The Hall–Kier alpha value is -1.36. The van der Waals surface area contributed by atoms with Crippen LogP contribution in [0, 0.1) is 5.92 Å². The molecule has 0 aliphatic rings. The highest BCUT2D eigenvalue weighted by molar-refractivity contribution is 5.72. The third-order valence-electron chi connectivity index (χ3n) is 2.06. The van der Waals surface area contributed by atoms with Crippen molar-refractivity contribution in [1.29, 1.82) is 0 Å². The van der Waals surface area contributed by atoms with Gasteiger partial charge in [0.1, 0.15) is 0 Å². The van der Waals surface area contributed by atoms with Crippen molar-refractivity contribution in [3.8, 4) is 0 Å². The van der Waals surface area contributed by atoms with Gasteiger partial charge >= 0.3 is 5.97 Å². The van der Waals surface area contributed by atoms with Gasteiger partial charge in [0.15, 0.2) is 0 Å². The summed E-state index contributed by atoms with van der Waals surface area (Å²) in [4.78, 5) is 11.2. The van der Waals surface area contributed by atoms with E-state index in [1.54, 1.807) is 10.9 Å². The fourth-order valence-electron chi connectivity index (χ4n) is 1.29. The molecule has 0 aliphatic heterocycles. The van der Waals surface area contributed by atoms with E-state index in [-0.39, 0.29) is 11.9 Å². The first-order chi connectivity index (χ1) is 6.67. The van der Waals surface area contributed by atoms with Gasteiger partial charge in [-0.3, -0.25) is 9.48 Å². The summed E-state index contributed by atoms with van der Waals surface area (Å²) in [5, 5.41) is 4.01. The molecule has 0 spiro atoms. The highest BCUT2D eigenvalue weighted by Crippen LogP contribution is 2.08. The molecule has 0 aliphatic carbocycles. The van der Waals surface area contributed by atoms with Crippen LogP contribution in [0.5, 0.6) is 0 Å². The number of aromatic nitrogens is 2. The van der Waals surface area contributed by atoms with Crippen molar-refractivity contribution in [3.63, 3.8) is 0 Å². The monoisotopic (exact) mass is 197 g/mol. The number of nitrogens with two attached hydrogens (primary N) is 1. The number of rotatable bonds is 4. The first kappa shape index (κ1) is 10.7. The number of ether oxygens (including phenoxy) is 1. The van der Waals surface area contributed by atoms with Gasteiger partial charge in [0.05, 0.1) is 19.2 Å². The predicted octanol–water partition coefficient (Wildman–Crippen LogP) is -0.290. The lowest BCUT2D eigenvalue weighted by Crippen LogP contribution is -2.26. The number of carbonyl (C=O) groups excluding carboxylic acids is 1. The summed E-state index contributed by atoms with van der Waals surface area (Å²) in [6, 6.07) is 0. The lowest BCUT2D eigenvalue weighted by atomic mass is 10.0. The van der Waals surface area contributed by atoms with Gasteiger partial charge in [-0.1, -0.05) is 0 Å². The van der Waals surface area contributed by atoms with Crippen LogP contribution < -0.4 is 5.73 Å². The van der Waals surface area contributed by atoms with Gasteiger partial charge in [0, 0.05) is 19.8 Å². The van der Waals surface area contributed by atoms with Gasteiger partial charge in [-0.05, 0) is 12.0 Å². The van der Waals surface area contributed by atoms with Crippen molar-refractivity contribution in [3.05, 3.63) is 18.0 Å². The number of nitrogens with zero attached hydrogens (tertiary/aromatic N) is 2. The van der Waals surface area contributed by atoms with Crippen LogP contribution in [-0.4, -0.2) is 29.4 Å². The Morgan fingerprint density at radius 2 is 2.50 bits per heavy atom. The van der Waals surface area contributed by atoms with E-state index in [1.807, 2.05) is 13.2 Å². The highest BCUT2D eigenvalue weighted by atomic mass is 16.5. The quantitative estimate of drug-likeness (QED) is 0.673. The smallest absolute Gasteiger partial charge is 0.310 e. The number of hydrogen-bond donors (Lipinski definition) is 1. The summed E-state index contributed by atoms with van der Waals surface area (Å²) >= 11 is 0. The molecule has 0 fully saturated rings. The summed E-state index contributed by atoms with van der Waals surface area (Å²) in [6.45, 7) is 0.293. The third-order valence-corrected chi connectivity index (χ3v) is 2.06. The van der Waals surface area contributed by atoms with Gasteiger partial charge in [0.2, 0.25) is 0 Å². The molecule has 0 saturated carbocycles. The van der Waals surface area contributed by atoms with Crippen LogP contribution in [0.25, 0.3) is 0 Å². The van der Waals surface area contributed by atoms with Crippen LogP contribution in [0.15, 0.2) is 12.4 Å². The lowest BCUT2D eigenvalue weighted by Gasteiger charge is -2.10. The van der Waals surface area contributed by atoms with Crippen molar-refractivity contribution in [1.82, 2.24) is 9.78 Å². The average molecular weight is 197 g/mol. The molecule has 0 bridgehead atoms. The predicted molar refractivity (Wildman–Crippen MR) is 51.5 cm³/mol. The number of carbonyl (C=O) groups is 1. The zero-order chi connectivity index (χ0) is 10.6. The fourth-order valence-corrected chi connectivity index (χ4v) is 1.29. The molecule has 1 atom stereocenters. The molecule has 1 aromatic heterocycles. The van der Waals surface area contributed by atoms with E-state index in [0.717, 1.165) is 5.56 Å². The standard InChI is InChI=1S/C9H15N3O2/c1-12-6-7(5-11-12)3-8(4-10)9(13)14-2/h5-6,8H,3-4,10H2,1-2H3/t8-/m1/s1. The Morgan fingerprint density at radius 3 is 2.93 bits per heavy atom. The number of hydrogen-bond acceptors (Lipinski definition) is 4. The van der Waals surface area contributed by atoms with Crippen molar-refractivity contribution >= 4 is 5.97 Å². The SMILES string of the molecule is COC(=O)[C@@H](CN)Cc1cnn(C)c1. The van der Waals surface area contributed by atoms with E-state index in [9.17, 15) is 4.79 Å². The lowest BCUT2D eigenvalue weighted by molar-refractivity contribution is -0.145. The summed E-state index contributed by atoms with van der Waals surface area (Å²) in [5.74, 6) is -0.541. The third kappa shape index (κ3) is 2.56. The molecule has 0 unspecified atom stereocenters. The van der Waals surface area contributed by atoms with Gasteiger partial charge in [-0.25, -0.2) is 0 Å². The minimum atomic E-state index is -0.274. The molecule has 5 heteroatoms. The molecule has 78 valence electrons. The maximum absolute atomic E-state index is 11.2. The summed E-state index contributed by atoms with van der Waals surface area (Å²) in [7, 11) is 3.20. The zero-order valence-corrected chi connectivity index (χ0v) is 8.43. The van der Waals surface area contributed by atoms with Crippen LogP contribution in [0.1, 0.15) is 5.56 Å². The van der Waals surface area contributed by atoms with E-state index in [1.165, 1.54) is 7.11 Å². The second-order valence-corrected chi connectivity index (χ2v) is 3.18. The summed E-state index contributed by atoms with van der Waals surface area (Å²) in [5.41, 5.74) is 6.47. The van der Waals surface area contributed by atoms with Crippen molar-refractivity contribution in [2.75, 3.05) is 13.7 Å². The maximum Gasteiger partial charge on any atom is 0.310 e. The first-order valence-electron chi connectivity index (χ1n) is 4.42. The van der Waals surface area contributed by atoms with Gasteiger partial charge in [0.25, 0.3) is 0 Å². The second kappa shape index (κ2) is 4.76. The van der Waals surface area contributed by atoms with E-state index in [4.69, 9.17) is 5.73 Å². The number of esters is 1. The Labute approximate surface area is 82.8 Å². The molecule has 1 heterocycles. The van der Waals surface area contributed by atoms with E-state index in [2.05, 4.69) is 9.84 Å². The highest BCUT2D eigenvalue weighted by Gasteiger charge is 2.18. The van der Waals surface area contributed by atoms with Gasteiger partial charge < -0.3 is 10.5 Å². The summed E-state index contributed by atoms with van der Waals surface area (Å²) < 4.78 is 6.33. The molecule has 0 saturated heterocycles. The first-order valence-corrected chi connectivity index (χ1v) is 4.42. The Balaban J connectivity index is 2.61. The fraction of sp³-hybridized carbons (Fsp3) is 0.556. The molecule has 1 aromatic rings. The molecule has 0 radical (unpaired) electrons. The van der Waals surface area contributed by atoms with Crippen LogP contribution in [0.4, 0.5) is 0 Å². The molecular formula is C9H15N3O2. The normalized spacial score (nSPS) is 12.5. The zero-order valence-electron chi connectivity index (χ0n) is 8.43. The maximum atomic E-state index is 11.2. The summed E-state index contributed by atoms with van der Waals surface area (Å²) in [6.07, 6.45) is 4.17. The van der Waals surface area contributed by atoms with Crippen LogP contribution in [0.3, 0.4) is 0 Å². The van der Waals surface area contributed by atoms with Gasteiger partial charge in [-0.15, -0.1) is 0 Å². The Bertz CT molecular complexity index is 309.